The van der Waals surface area contributed by atoms with Crippen LogP contribution in [0, 0.1) is 19.8 Å². The molecule has 5 heteroatoms. The molecule has 0 aromatic carbocycles. The summed E-state index contributed by atoms with van der Waals surface area (Å²) in [6.45, 7) is 7.64. The van der Waals surface area contributed by atoms with Gasteiger partial charge in [0.2, 0.25) is 0 Å². The summed E-state index contributed by atoms with van der Waals surface area (Å²) in [4.78, 5) is 26.4. The van der Waals surface area contributed by atoms with Crippen molar-refractivity contribution in [3.8, 4) is 0 Å². The lowest BCUT2D eigenvalue weighted by molar-refractivity contribution is -0.130. The van der Waals surface area contributed by atoms with Crippen LogP contribution in [0.1, 0.15) is 59.6 Å². The van der Waals surface area contributed by atoms with Crippen molar-refractivity contribution in [3.05, 3.63) is 21.4 Å². The van der Waals surface area contributed by atoms with Crippen LogP contribution in [0.4, 0.5) is 0 Å². The molecule has 1 N–H and O–H groups in total. The lowest BCUT2D eigenvalue weighted by Gasteiger charge is -2.30. The van der Waals surface area contributed by atoms with E-state index in [2.05, 4.69) is 12.2 Å². The van der Waals surface area contributed by atoms with Crippen LogP contribution >= 0.6 is 11.3 Å². The van der Waals surface area contributed by atoms with Crippen LogP contribution in [-0.2, 0) is 9.53 Å². The molecule has 2 rings (SSSR count). The van der Waals surface area contributed by atoms with Crippen LogP contribution in [-0.4, -0.2) is 24.0 Å². The van der Waals surface area contributed by atoms with Gasteiger partial charge < -0.3 is 10.1 Å². The smallest absolute Gasteiger partial charge is 0.340 e. The predicted molar refractivity (Wildman–Crippen MR) is 88.2 cm³/mol. The zero-order valence-electron chi connectivity index (χ0n) is 13.8. The number of hydrogen-bond acceptors (Lipinski definition) is 4. The molecular formula is C17H25NO3S. The van der Waals surface area contributed by atoms with Crippen molar-refractivity contribution in [3.63, 3.8) is 0 Å². The molecular weight excluding hydrogens is 298 g/mol. The van der Waals surface area contributed by atoms with Gasteiger partial charge in [-0.1, -0.05) is 19.8 Å². The average Bonchev–Trinajstić information content (AvgIpc) is 2.80. The third-order valence-corrected chi connectivity index (χ3v) is 5.32. The molecule has 1 aromatic rings. The Morgan fingerprint density at radius 1 is 1.32 bits per heavy atom. The van der Waals surface area contributed by atoms with E-state index in [1.54, 1.807) is 18.3 Å². The van der Waals surface area contributed by atoms with E-state index in [-0.39, 0.29) is 11.9 Å². The fourth-order valence-corrected chi connectivity index (χ4v) is 3.85. The van der Waals surface area contributed by atoms with E-state index < -0.39 is 12.1 Å². The fraction of sp³-hybridized carbons (Fsp3) is 0.647. The van der Waals surface area contributed by atoms with Crippen LogP contribution in [0.5, 0.6) is 0 Å². The van der Waals surface area contributed by atoms with Gasteiger partial charge in [0, 0.05) is 15.8 Å². The number of hydrogen-bond donors (Lipinski definition) is 1. The van der Waals surface area contributed by atoms with Gasteiger partial charge in [-0.25, -0.2) is 4.79 Å². The molecule has 0 unspecified atom stereocenters. The normalized spacial score (nSPS) is 22.9. The summed E-state index contributed by atoms with van der Waals surface area (Å²) < 4.78 is 5.32. The van der Waals surface area contributed by atoms with Gasteiger partial charge in [-0.05, 0) is 45.6 Å². The summed E-state index contributed by atoms with van der Waals surface area (Å²) in [5, 5.41) is 3.03. The van der Waals surface area contributed by atoms with Crippen LogP contribution in [0.3, 0.4) is 0 Å². The van der Waals surface area contributed by atoms with Gasteiger partial charge in [-0.15, -0.1) is 11.3 Å². The molecule has 1 amide bonds. The molecule has 0 saturated heterocycles. The Hall–Kier alpha value is -1.36. The van der Waals surface area contributed by atoms with Gasteiger partial charge >= 0.3 is 5.97 Å². The molecule has 22 heavy (non-hydrogen) atoms. The lowest BCUT2D eigenvalue weighted by atomic mass is 9.86. The molecule has 1 fully saturated rings. The number of esters is 1. The second-order valence-corrected chi connectivity index (χ2v) is 7.71. The molecule has 0 bridgehead atoms. The van der Waals surface area contributed by atoms with E-state index >= 15 is 0 Å². The summed E-state index contributed by atoms with van der Waals surface area (Å²) >= 11 is 1.56. The Balaban J connectivity index is 1.90. The number of nitrogens with one attached hydrogen (secondary N) is 1. The maximum absolute atomic E-state index is 12.2. The number of ether oxygens (including phenoxy) is 1. The number of aryl methyl sites for hydroxylation is 2. The number of thiophene rings is 1. The Labute approximate surface area is 136 Å². The standard InChI is InChI=1S/C17H25NO3S/c1-10-7-5-6-8-15(10)18-16(19)12(3)21-17(20)14-9-11(2)22-13(14)4/h9-10,12,15H,5-8H2,1-4H3,(H,18,19)/t10-,12-,15+/m0/s1. The molecule has 1 heterocycles. The Bertz CT molecular complexity index is 552. The molecule has 0 spiro atoms. The summed E-state index contributed by atoms with van der Waals surface area (Å²) in [5.41, 5.74) is 0.563. The highest BCUT2D eigenvalue weighted by atomic mass is 32.1. The first kappa shape index (κ1) is 17.0. The second-order valence-electron chi connectivity index (χ2n) is 6.25. The topological polar surface area (TPSA) is 55.4 Å². The van der Waals surface area contributed by atoms with Gasteiger partial charge in [0.25, 0.3) is 5.91 Å². The van der Waals surface area contributed by atoms with E-state index in [4.69, 9.17) is 4.74 Å². The summed E-state index contributed by atoms with van der Waals surface area (Å²) in [5.74, 6) is -0.125. The number of carbonyl (C=O) groups excluding carboxylic acids is 2. The molecule has 1 aromatic heterocycles. The van der Waals surface area contributed by atoms with E-state index in [1.807, 2.05) is 19.9 Å². The third kappa shape index (κ3) is 4.09. The quantitative estimate of drug-likeness (QED) is 0.861. The zero-order chi connectivity index (χ0) is 16.3. The molecule has 122 valence electrons. The maximum atomic E-state index is 12.2. The summed E-state index contributed by atoms with van der Waals surface area (Å²) in [6, 6.07) is 2.02. The molecule has 1 saturated carbocycles. The summed E-state index contributed by atoms with van der Waals surface area (Å²) in [6.07, 6.45) is 3.77. The van der Waals surface area contributed by atoms with E-state index in [0.717, 1.165) is 29.0 Å². The molecule has 1 aliphatic rings. The third-order valence-electron chi connectivity index (χ3n) is 4.35. The van der Waals surface area contributed by atoms with Crippen molar-refractivity contribution in [2.45, 2.75) is 65.5 Å². The first-order chi connectivity index (χ1) is 10.4. The number of carbonyl (C=O) groups is 2. The van der Waals surface area contributed by atoms with Crippen LogP contribution < -0.4 is 5.32 Å². The van der Waals surface area contributed by atoms with Gasteiger partial charge in [0.1, 0.15) is 0 Å². The predicted octanol–water partition coefficient (Wildman–Crippen LogP) is 3.61. The van der Waals surface area contributed by atoms with Gasteiger partial charge in [-0.3, -0.25) is 4.79 Å². The molecule has 4 nitrogen and oxygen atoms in total. The van der Waals surface area contributed by atoms with Gasteiger partial charge in [0.05, 0.1) is 5.56 Å². The monoisotopic (exact) mass is 323 g/mol. The minimum atomic E-state index is -0.763. The minimum absolute atomic E-state index is 0.197. The maximum Gasteiger partial charge on any atom is 0.340 e. The number of rotatable bonds is 4. The van der Waals surface area contributed by atoms with Crippen molar-refractivity contribution >= 4 is 23.2 Å². The summed E-state index contributed by atoms with van der Waals surface area (Å²) in [7, 11) is 0. The van der Waals surface area contributed by atoms with Crippen molar-refractivity contribution < 1.29 is 14.3 Å². The minimum Gasteiger partial charge on any atom is -0.449 e. The fourth-order valence-electron chi connectivity index (χ4n) is 2.94. The largest absolute Gasteiger partial charge is 0.449 e. The van der Waals surface area contributed by atoms with Gasteiger partial charge in [-0.2, -0.15) is 0 Å². The Kier molecular flexibility index (Phi) is 5.62. The van der Waals surface area contributed by atoms with Crippen LogP contribution in [0.15, 0.2) is 6.07 Å². The first-order valence-corrected chi connectivity index (χ1v) is 8.78. The van der Waals surface area contributed by atoms with Crippen molar-refractivity contribution in [2.75, 3.05) is 0 Å². The number of amides is 1. The highest BCUT2D eigenvalue weighted by Crippen LogP contribution is 2.24. The van der Waals surface area contributed by atoms with Crippen LogP contribution in [0.25, 0.3) is 0 Å². The lowest BCUT2D eigenvalue weighted by Crippen LogP contribution is -2.46. The molecule has 3 atom stereocenters. The van der Waals surface area contributed by atoms with Crippen molar-refractivity contribution in [1.82, 2.24) is 5.32 Å². The molecule has 1 aliphatic carbocycles. The second kappa shape index (κ2) is 7.27. The van der Waals surface area contributed by atoms with Crippen LogP contribution in [0.2, 0.25) is 0 Å². The van der Waals surface area contributed by atoms with Crippen molar-refractivity contribution in [1.29, 1.82) is 0 Å². The van der Waals surface area contributed by atoms with Gasteiger partial charge in [0.15, 0.2) is 6.10 Å². The SMILES string of the molecule is Cc1cc(C(=O)O[C@@H](C)C(=O)N[C@@H]2CCCC[C@@H]2C)c(C)s1. The van der Waals surface area contributed by atoms with Crippen molar-refractivity contribution in [2.24, 2.45) is 5.92 Å². The first-order valence-electron chi connectivity index (χ1n) is 7.97. The van der Waals surface area contributed by atoms with E-state index in [0.29, 0.717) is 11.5 Å². The molecule has 0 radical (unpaired) electrons. The Morgan fingerprint density at radius 3 is 2.59 bits per heavy atom. The Morgan fingerprint density at radius 2 is 2.00 bits per heavy atom. The van der Waals surface area contributed by atoms with E-state index in [1.165, 1.54) is 6.42 Å². The zero-order valence-corrected chi connectivity index (χ0v) is 14.6. The average molecular weight is 323 g/mol. The molecule has 0 aliphatic heterocycles. The highest BCUT2D eigenvalue weighted by molar-refractivity contribution is 7.12. The van der Waals surface area contributed by atoms with E-state index in [9.17, 15) is 9.59 Å². The highest BCUT2D eigenvalue weighted by Gasteiger charge is 2.27.